The summed E-state index contributed by atoms with van der Waals surface area (Å²) in [5.74, 6) is 0. The molecule has 0 radical (unpaired) electrons. The van der Waals surface area contributed by atoms with Gasteiger partial charge in [-0.2, -0.15) is 5.10 Å². The molecule has 1 aromatic heterocycles. The van der Waals surface area contributed by atoms with Crippen LogP contribution < -0.4 is 10.2 Å². The minimum Gasteiger partial charge on any atom is -0.378 e. The summed E-state index contributed by atoms with van der Waals surface area (Å²) in [6.07, 6.45) is 7.11. The lowest BCUT2D eigenvalue weighted by atomic mass is 10.2. The maximum atomic E-state index is 3.98. The molecule has 20 heavy (non-hydrogen) atoms. The molecule has 2 N–H and O–H groups in total. The summed E-state index contributed by atoms with van der Waals surface area (Å²) in [5, 5.41) is 10.5. The maximum Gasteiger partial charge on any atom is 0.0602 e. The van der Waals surface area contributed by atoms with Crippen LogP contribution in [-0.4, -0.2) is 23.3 Å². The summed E-state index contributed by atoms with van der Waals surface area (Å²) in [4.78, 5) is 2.52. The molecule has 1 aliphatic heterocycles. The van der Waals surface area contributed by atoms with Crippen molar-refractivity contribution in [1.82, 2.24) is 10.2 Å². The molecule has 1 fully saturated rings. The fourth-order valence-electron chi connectivity index (χ4n) is 2.78. The zero-order valence-electron chi connectivity index (χ0n) is 11.8. The molecule has 0 amide bonds. The standard InChI is InChI=1S/C16H22N4/c1-2-6-12-20(11-5-1)16-8-4-3-7-15(16)17-13-14-9-10-18-19-14/h3-4,7-10,17H,1-2,5-6,11-13H2,(H,18,19). The van der Waals surface area contributed by atoms with E-state index in [0.29, 0.717) is 0 Å². The molecule has 1 aliphatic rings. The summed E-state index contributed by atoms with van der Waals surface area (Å²) >= 11 is 0. The van der Waals surface area contributed by atoms with Crippen LogP contribution in [0.1, 0.15) is 31.4 Å². The third-order valence-electron chi connectivity index (χ3n) is 3.88. The van der Waals surface area contributed by atoms with Crippen LogP contribution in [-0.2, 0) is 6.54 Å². The molecule has 106 valence electrons. The predicted octanol–water partition coefficient (Wildman–Crippen LogP) is 3.40. The second kappa shape index (κ2) is 6.46. The van der Waals surface area contributed by atoms with E-state index in [1.54, 1.807) is 6.20 Å². The summed E-state index contributed by atoms with van der Waals surface area (Å²) in [6, 6.07) is 10.6. The van der Waals surface area contributed by atoms with Gasteiger partial charge in [0.25, 0.3) is 0 Å². The molecule has 0 atom stereocenters. The Morgan fingerprint density at radius 1 is 1.05 bits per heavy atom. The van der Waals surface area contributed by atoms with Crippen LogP contribution in [0.5, 0.6) is 0 Å². The van der Waals surface area contributed by atoms with Gasteiger partial charge in [0.2, 0.25) is 0 Å². The number of nitrogens with one attached hydrogen (secondary N) is 2. The Labute approximate surface area is 120 Å². The summed E-state index contributed by atoms with van der Waals surface area (Å²) in [7, 11) is 0. The average molecular weight is 270 g/mol. The number of rotatable bonds is 4. The van der Waals surface area contributed by atoms with E-state index in [0.717, 1.165) is 12.2 Å². The van der Waals surface area contributed by atoms with Crippen molar-refractivity contribution in [3.63, 3.8) is 0 Å². The first-order chi connectivity index (χ1) is 9.93. The number of nitrogens with zero attached hydrogens (tertiary/aromatic N) is 2. The Bertz CT molecular complexity index is 513. The third-order valence-corrected chi connectivity index (χ3v) is 3.88. The van der Waals surface area contributed by atoms with Gasteiger partial charge in [-0.15, -0.1) is 0 Å². The van der Waals surface area contributed by atoms with Crippen LogP contribution in [0.2, 0.25) is 0 Å². The number of aromatic amines is 1. The van der Waals surface area contributed by atoms with Gasteiger partial charge in [0.05, 0.1) is 23.6 Å². The molecule has 0 saturated carbocycles. The molecule has 0 aliphatic carbocycles. The second-order valence-corrected chi connectivity index (χ2v) is 5.35. The van der Waals surface area contributed by atoms with Crippen LogP contribution in [0.4, 0.5) is 11.4 Å². The molecule has 4 heteroatoms. The van der Waals surface area contributed by atoms with Crippen LogP contribution in [0, 0.1) is 0 Å². The van der Waals surface area contributed by atoms with Gasteiger partial charge in [0.1, 0.15) is 0 Å². The Morgan fingerprint density at radius 3 is 2.60 bits per heavy atom. The van der Waals surface area contributed by atoms with Crippen LogP contribution in [0.15, 0.2) is 36.5 Å². The van der Waals surface area contributed by atoms with Crippen molar-refractivity contribution < 1.29 is 0 Å². The maximum absolute atomic E-state index is 3.98. The average Bonchev–Trinajstić information content (AvgIpc) is 2.86. The monoisotopic (exact) mass is 270 g/mol. The second-order valence-electron chi connectivity index (χ2n) is 5.35. The highest BCUT2D eigenvalue weighted by atomic mass is 15.2. The molecule has 0 bridgehead atoms. The molecular weight excluding hydrogens is 248 g/mol. The van der Waals surface area contributed by atoms with Gasteiger partial charge in [-0.3, -0.25) is 5.10 Å². The van der Waals surface area contributed by atoms with Crippen molar-refractivity contribution in [2.24, 2.45) is 0 Å². The van der Waals surface area contributed by atoms with E-state index in [-0.39, 0.29) is 0 Å². The van der Waals surface area contributed by atoms with Crippen molar-refractivity contribution in [3.8, 4) is 0 Å². The van der Waals surface area contributed by atoms with Gasteiger partial charge in [-0.1, -0.05) is 25.0 Å². The highest BCUT2D eigenvalue weighted by Crippen LogP contribution is 2.28. The highest BCUT2D eigenvalue weighted by molar-refractivity contribution is 5.70. The van der Waals surface area contributed by atoms with Gasteiger partial charge in [0, 0.05) is 19.3 Å². The van der Waals surface area contributed by atoms with Gasteiger partial charge in [-0.05, 0) is 31.0 Å². The van der Waals surface area contributed by atoms with Crippen molar-refractivity contribution in [2.75, 3.05) is 23.3 Å². The first kappa shape index (κ1) is 13.0. The topological polar surface area (TPSA) is 44.0 Å². The zero-order chi connectivity index (χ0) is 13.6. The van der Waals surface area contributed by atoms with Crippen LogP contribution in [0.25, 0.3) is 0 Å². The number of hydrogen-bond acceptors (Lipinski definition) is 3. The van der Waals surface area contributed by atoms with E-state index in [4.69, 9.17) is 0 Å². The van der Waals surface area contributed by atoms with E-state index in [2.05, 4.69) is 44.7 Å². The quantitative estimate of drug-likeness (QED) is 0.895. The van der Waals surface area contributed by atoms with Crippen molar-refractivity contribution in [1.29, 1.82) is 0 Å². The van der Waals surface area contributed by atoms with E-state index >= 15 is 0 Å². The van der Waals surface area contributed by atoms with Gasteiger partial charge >= 0.3 is 0 Å². The van der Waals surface area contributed by atoms with Crippen LogP contribution in [0.3, 0.4) is 0 Å². The minimum absolute atomic E-state index is 0.783. The molecule has 0 spiro atoms. The summed E-state index contributed by atoms with van der Waals surface area (Å²) in [6.45, 7) is 3.12. The molecule has 2 heterocycles. The smallest absolute Gasteiger partial charge is 0.0602 e. The number of para-hydroxylation sites is 2. The van der Waals surface area contributed by atoms with Crippen molar-refractivity contribution >= 4 is 11.4 Å². The fraction of sp³-hybridized carbons (Fsp3) is 0.438. The number of anilines is 2. The fourth-order valence-corrected chi connectivity index (χ4v) is 2.78. The Morgan fingerprint density at radius 2 is 1.85 bits per heavy atom. The molecule has 3 rings (SSSR count). The largest absolute Gasteiger partial charge is 0.378 e. The molecular formula is C16H22N4. The lowest BCUT2D eigenvalue weighted by molar-refractivity contribution is 0.726. The van der Waals surface area contributed by atoms with E-state index in [1.165, 1.54) is 50.1 Å². The van der Waals surface area contributed by atoms with Crippen LogP contribution >= 0.6 is 0 Å². The molecule has 1 aromatic carbocycles. The zero-order valence-corrected chi connectivity index (χ0v) is 11.8. The first-order valence-corrected chi connectivity index (χ1v) is 7.49. The summed E-state index contributed by atoms with van der Waals surface area (Å²) in [5.41, 5.74) is 3.65. The minimum atomic E-state index is 0.783. The highest BCUT2D eigenvalue weighted by Gasteiger charge is 2.13. The lowest BCUT2D eigenvalue weighted by Gasteiger charge is -2.25. The van der Waals surface area contributed by atoms with Gasteiger partial charge in [0.15, 0.2) is 0 Å². The molecule has 1 saturated heterocycles. The first-order valence-electron chi connectivity index (χ1n) is 7.49. The normalized spacial score (nSPS) is 15.9. The van der Waals surface area contributed by atoms with Gasteiger partial charge in [-0.25, -0.2) is 0 Å². The third kappa shape index (κ3) is 3.13. The Balaban J connectivity index is 1.73. The predicted molar refractivity (Wildman–Crippen MR) is 83.0 cm³/mol. The SMILES string of the molecule is c1ccc(N2CCCCCC2)c(NCc2ccn[nH]2)c1. The number of benzene rings is 1. The van der Waals surface area contributed by atoms with Crippen molar-refractivity contribution in [3.05, 3.63) is 42.2 Å². The van der Waals surface area contributed by atoms with E-state index in [9.17, 15) is 0 Å². The Kier molecular flexibility index (Phi) is 4.21. The number of aromatic nitrogens is 2. The molecule has 2 aromatic rings. The van der Waals surface area contributed by atoms with Gasteiger partial charge < -0.3 is 10.2 Å². The lowest BCUT2D eigenvalue weighted by Crippen LogP contribution is -2.24. The molecule has 4 nitrogen and oxygen atoms in total. The van der Waals surface area contributed by atoms with Crippen molar-refractivity contribution in [2.45, 2.75) is 32.2 Å². The summed E-state index contributed by atoms with van der Waals surface area (Å²) < 4.78 is 0. The Hall–Kier alpha value is -1.97. The van der Waals surface area contributed by atoms with E-state index in [1.807, 2.05) is 6.07 Å². The number of H-pyrrole nitrogens is 1. The number of hydrogen-bond donors (Lipinski definition) is 2. The van der Waals surface area contributed by atoms with E-state index < -0.39 is 0 Å². The molecule has 0 unspecified atom stereocenters.